The molecule has 2 heterocycles. The second-order valence-electron chi connectivity index (χ2n) is 4.30. The van der Waals surface area contributed by atoms with Crippen molar-refractivity contribution in [1.29, 1.82) is 0 Å². The monoisotopic (exact) mass is 234 g/mol. The molecule has 1 aliphatic rings. The van der Waals surface area contributed by atoms with Gasteiger partial charge in [-0.3, -0.25) is 9.98 Å². The minimum atomic E-state index is 0.890. The van der Waals surface area contributed by atoms with Gasteiger partial charge in [0.25, 0.3) is 0 Å². The molecular formula is C16H14N2. The number of aliphatic imine (C=N–C) groups is 1. The fourth-order valence-electron chi connectivity index (χ4n) is 2.18. The Kier molecular flexibility index (Phi) is 3.01. The molecule has 2 heteroatoms. The number of rotatable bonds is 2. The molecule has 0 spiro atoms. The van der Waals surface area contributed by atoms with Crippen LogP contribution in [0.25, 0.3) is 6.08 Å². The highest BCUT2D eigenvalue weighted by Gasteiger charge is 2.14. The summed E-state index contributed by atoms with van der Waals surface area (Å²) >= 11 is 0. The molecule has 1 aromatic carbocycles. The zero-order valence-corrected chi connectivity index (χ0v) is 10.1. The molecule has 0 aliphatic carbocycles. The van der Waals surface area contributed by atoms with E-state index in [1.807, 2.05) is 30.6 Å². The summed E-state index contributed by atoms with van der Waals surface area (Å²) in [5.74, 6) is 0. The summed E-state index contributed by atoms with van der Waals surface area (Å²) < 4.78 is 0. The fourth-order valence-corrected chi connectivity index (χ4v) is 2.18. The van der Waals surface area contributed by atoms with Gasteiger partial charge in [0, 0.05) is 18.9 Å². The molecule has 2 aromatic rings. The van der Waals surface area contributed by atoms with Gasteiger partial charge in [-0.25, -0.2) is 0 Å². The zero-order valence-electron chi connectivity index (χ0n) is 10.1. The van der Waals surface area contributed by atoms with Crippen LogP contribution in [-0.2, 0) is 0 Å². The topological polar surface area (TPSA) is 25.2 Å². The highest BCUT2D eigenvalue weighted by Crippen LogP contribution is 2.21. The molecule has 0 fully saturated rings. The zero-order chi connectivity index (χ0) is 12.2. The second kappa shape index (κ2) is 4.96. The number of hydrogen-bond donors (Lipinski definition) is 0. The van der Waals surface area contributed by atoms with E-state index < -0.39 is 0 Å². The molecule has 0 unspecified atom stereocenters. The number of benzene rings is 1. The fraction of sp³-hybridized carbons (Fsp3) is 0.125. The lowest BCUT2D eigenvalue weighted by Crippen LogP contribution is -1.99. The third kappa shape index (κ3) is 2.23. The average Bonchev–Trinajstić information content (AvgIpc) is 2.89. The van der Waals surface area contributed by atoms with Crippen molar-refractivity contribution in [1.82, 2.24) is 4.98 Å². The average molecular weight is 234 g/mol. The second-order valence-corrected chi connectivity index (χ2v) is 4.30. The van der Waals surface area contributed by atoms with E-state index in [2.05, 4.69) is 40.3 Å². The van der Waals surface area contributed by atoms with E-state index in [-0.39, 0.29) is 0 Å². The van der Waals surface area contributed by atoms with Crippen molar-refractivity contribution >= 4 is 11.8 Å². The van der Waals surface area contributed by atoms with Crippen LogP contribution in [-0.4, -0.2) is 17.2 Å². The molecule has 0 bridgehead atoms. The minimum absolute atomic E-state index is 0.890. The maximum Gasteiger partial charge on any atom is 0.0679 e. The minimum Gasteiger partial charge on any atom is -0.284 e. The summed E-state index contributed by atoms with van der Waals surface area (Å²) in [7, 11) is 0. The molecule has 0 N–H and O–H groups in total. The largest absolute Gasteiger partial charge is 0.284 e. The summed E-state index contributed by atoms with van der Waals surface area (Å²) in [5, 5.41) is 0. The molecule has 18 heavy (non-hydrogen) atoms. The van der Waals surface area contributed by atoms with Crippen molar-refractivity contribution in [2.45, 2.75) is 6.42 Å². The molecule has 0 atom stereocenters. The number of hydrogen-bond acceptors (Lipinski definition) is 2. The molecule has 1 aromatic heterocycles. The first-order chi connectivity index (χ1) is 8.93. The third-order valence-corrected chi connectivity index (χ3v) is 3.05. The first kappa shape index (κ1) is 10.9. The van der Waals surface area contributed by atoms with Crippen LogP contribution in [0.2, 0.25) is 0 Å². The Bertz CT molecular complexity index is 583. The maximum atomic E-state index is 4.62. The van der Waals surface area contributed by atoms with Crippen LogP contribution >= 0.6 is 0 Å². The molecule has 88 valence electrons. The molecule has 3 rings (SSSR count). The van der Waals surface area contributed by atoms with E-state index in [1.54, 1.807) is 0 Å². The normalized spacial score (nSPS) is 16.9. The van der Waals surface area contributed by atoms with Gasteiger partial charge in [0.2, 0.25) is 0 Å². The van der Waals surface area contributed by atoms with Gasteiger partial charge in [-0.15, -0.1) is 0 Å². The van der Waals surface area contributed by atoms with Gasteiger partial charge in [0.15, 0.2) is 0 Å². The summed E-state index contributed by atoms with van der Waals surface area (Å²) in [4.78, 5) is 8.65. The van der Waals surface area contributed by atoms with Gasteiger partial charge < -0.3 is 0 Å². The molecule has 1 aliphatic heterocycles. The van der Waals surface area contributed by atoms with E-state index in [1.165, 1.54) is 16.7 Å². The molecule has 0 amide bonds. The highest BCUT2D eigenvalue weighted by atomic mass is 14.8. The molecule has 0 radical (unpaired) electrons. The van der Waals surface area contributed by atoms with E-state index in [9.17, 15) is 0 Å². The smallest absolute Gasteiger partial charge is 0.0679 e. The van der Waals surface area contributed by atoms with E-state index in [0.717, 1.165) is 18.7 Å². The Hall–Kier alpha value is -2.22. The Morgan fingerprint density at radius 3 is 2.50 bits per heavy atom. The lowest BCUT2D eigenvalue weighted by Gasteiger charge is -2.04. The quantitative estimate of drug-likeness (QED) is 0.782. The van der Waals surface area contributed by atoms with Crippen LogP contribution in [0.1, 0.15) is 17.5 Å². The van der Waals surface area contributed by atoms with Crippen molar-refractivity contribution in [2.75, 3.05) is 6.54 Å². The van der Waals surface area contributed by atoms with E-state index in [0.29, 0.717) is 0 Å². The van der Waals surface area contributed by atoms with Gasteiger partial charge in [-0.05, 0) is 41.3 Å². The first-order valence-corrected chi connectivity index (χ1v) is 6.14. The van der Waals surface area contributed by atoms with Crippen molar-refractivity contribution in [2.24, 2.45) is 4.99 Å². The SMILES string of the molecule is C(=C1\CCN=C1c1ccccc1)/c1ccncc1. The van der Waals surface area contributed by atoms with Crippen LogP contribution in [0.4, 0.5) is 0 Å². The van der Waals surface area contributed by atoms with Crippen molar-refractivity contribution in [3.05, 3.63) is 71.6 Å². The predicted octanol–water partition coefficient (Wildman–Crippen LogP) is 3.36. The Labute approximate surface area is 107 Å². The third-order valence-electron chi connectivity index (χ3n) is 3.05. The lowest BCUT2D eigenvalue weighted by molar-refractivity contribution is 1.05. The van der Waals surface area contributed by atoms with Crippen LogP contribution in [0.3, 0.4) is 0 Å². The van der Waals surface area contributed by atoms with Gasteiger partial charge in [-0.2, -0.15) is 0 Å². The lowest BCUT2D eigenvalue weighted by atomic mass is 10.0. The van der Waals surface area contributed by atoms with Crippen LogP contribution in [0, 0.1) is 0 Å². The Balaban J connectivity index is 1.95. The van der Waals surface area contributed by atoms with E-state index in [4.69, 9.17) is 0 Å². The van der Waals surface area contributed by atoms with Gasteiger partial charge in [0.1, 0.15) is 0 Å². The Morgan fingerprint density at radius 2 is 1.72 bits per heavy atom. The van der Waals surface area contributed by atoms with E-state index >= 15 is 0 Å². The number of aromatic nitrogens is 1. The Morgan fingerprint density at radius 1 is 0.944 bits per heavy atom. The van der Waals surface area contributed by atoms with Gasteiger partial charge in [0.05, 0.1) is 5.71 Å². The van der Waals surface area contributed by atoms with Crippen LogP contribution < -0.4 is 0 Å². The van der Waals surface area contributed by atoms with Crippen molar-refractivity contribution in [3.8, 4) is 0 Å². The summed E-state index contributed by atoms with van der Waals surface area (Å²) in [6, 6.07) is 14.4. The van der Waals surface area contributed by atoms with Gasteiger partial charge >= 0.3 is 0 Å². The predicted molar refractivity (Wildman–Crippen MR) is 74.7 cm³/mol. The molecule has 0 saturated heterocycles. The standard InChI is InChI=1S/C16H14N2/c1-2-4-14(5-3-1)16-15(8-11-18-16)12-13-6-9-17-10-7-13/h1-7,9-10,12H,8,11H2/b15-12-. The summed E-state index contributed by atoms with van der Waals surface area (Å²) in [6.45, 7) is 0.890. The summed E-state index contributed by atoms with van der Waals surface area (Å²) in [5.41, 5.74) is 4.83. The van der Waals surface area contributed by atoms with Crippen LogP contribution in [0.5, 0.6) is 0 Å². The van der Waals surface area contributed by atoms with Gasteiger partial charge in [-0.1, -0.05) is 30.3 Å². The number of nitrogens with zero attached hydrogens (tertiary/aromatic N) is 2. The molecule has 2 nitrogen and oxygen atoms in total. The van der Waals surface area contributed by atoms with Crippen LogP contribution in [0.15, 0.2) is 65.4 Å². The number of pyridine rings is 1. The summed E-state index contributed by atoms with van der Waals surface area (Å²) in [6.07, 6.45) is 6.87. The molecule has 0 saturated carbocycles. The first-order valence-electron chi connectivity index (χ1n) is 6.14. The van der Waals surface area contributed by atoms with Crippen molar-refractivity contribution < 1.29 is 0 Å². The molecular weight excluding hydrogens is 220 g/mol. The maximum absolute atomic E-state index is 4.62. The van der Waals surface area contributed by atoms with Crippen molar-refractivity contribution in [3.63, 3.8) is 0 Å². The highest BCUT2D eigenvalue weighted by molar-refractivity contribution is 6.16.